The van der Waals surface area contributed by atoms with Gasteiger partial charge in [0.25, 0.3) is 0 Å². The number of nitrogens with zero attached hydrogens (tertiary/aromatic N) is 1. The van der Waals surface area contributed by atoms with Crippen molar-refractivity contribution in [2.45, 2.75) is 38.6 Å². The van der Waals surface area contributed by atoms with Crippen LogP contribution in [0.3, 0.4) is 0 Å². The Hall–Kier alpha value is -2.21. The van der Waals surface area contributed by atoms with Crippen molar-refractivity contribution in [3.63, 3.8) is 0 Å². The Labute approximate surface area is 139 Å². The summed E-state index contributed by atoms with van der Waals surface area (Å²) in [7, 11) is 0. The van der Waals surface area contributed by atoms with Crippen molar-refractivity contribution in [1.29, 1.82) is 0 Å². The Bertz CT molecular complexity index is 655. The number of carbonyl (C=O) groups is 2. The van der Waals surface area contributed by atoms with Crippen LogP contribution in [-0.4, -0.2) is 28.0 Å². The molecule has 0 spiro atoms. The highest BCUT2D eigenvalue weighted by atomic mass is 32.1. The van der Waals surface area contributed by atoms with Crippen LogP contribution in [0.15, 0.2) is 35.7 Å². The number of benzene rings is 1. The average molecular weight is 332 g/mol. The van der Waals surface area contributed by atoms with Crippen LogP contribution in [0.2, 0.25) is 0 Å². The van der Waals surface area contributed by atoms with Gasteiger partial charge >= 0.3 is 5.97 Å². The number of nitrogens with one attached hydrogen (secondary N) is 1. The fourth-order valence-corrected chi connectivity index (χ4v) is 3.00. The van der Waals surface area contributed by atoms with E-state index in [-0.39, 0.29) is 12.3 Å². The van der Waals surface area contributed by atoms with Crippen molar-refractivity contribution >= 4 is 23.2 Å². The van der Waals surface area contributed by atoms with Gasteiger partial charge in [-0.3, -0.25) is 4.79 Å². The first-order valence-corrected chi connectivity index (χ1v) is 8.50. The van der Waals surface area contributed by atoms with Crippen LogP contribution in [0.4, 0.5) is 0 Å². The molecular weight excluding hydrogens is 312 g/mol. The zero-order valence-corrected chi connectivity index (χ0v) is 13.8. The topological polar surface area (TPSA) is 79.3 Å². The van der Waals surface area contributed by atoms with E-state index in [4.69, 9.17) is 5.11 Å². The van der Waals surface area contributed by atoms with Gasteiger partial charge in [-0.25, -0.2) is 9.78 Å². The Morgan fingerprint density at radius 1 is 1.30 bits per heavy atom. The number of rotatable bonds is 8. The van der Waals surface area contributed by atoms with Gasteiger partial charge in [0.1, 0.15) is 11.0 Å². The van der Waals surface area contributed by atoms with Gasteiger partial charge in [0, 0.05) is 10.9 Å². The van der Waals surface area contributed by atoms with E-state index in [1.807, 2.05) is 42.6 Å². The van der Waals surface area contributed by atoms with Crippen molar-refractivity contribution in [3.05, 3.63) is 41.4 Å². The molecule has 2 aromatic rings. The number of aromatic nitrogens is 1. The molecule has 0 aliphatic rings. The zero-order chi connectivity index (χ0) is 16.7. The third kappa shape index (κ3) is 5.17. The molecule has 0 aliphatic heterocycles. The standard InChI is InChI=1S/C17H20N2O3S/c1-2-3-9-14(17(21)22)19-15(20)10-13-11-23-16(18-13)12-7-5-4-6-8-12/h4-8,11,14H,2-3,9-10H2,1H3,(H,19,20)(H,21,22). The molecule has 0 aliphatic carbocycles. The fraction of sp³-hybridized carbons (Fsp3) is 0.353. The van der Waals surface area contributed by atoms with Gasteiger partial charge < -0.3 is 10.4 Å². The van der Waals surface area contributed by atoms with Crippen LogP contribution < -0.4 is 5.32 Å². The molecule has 2 N–H and O–H groups in total. The van der Waals surface area contributed by atoms with Gasteiger partial charge in [-0.15, -0.1) is 11.3 Å². The summed E-state index contributed by atoms with van der Waals surface area (Å²) in [4.78, 5) is 27.6. The highest BCUT2D eigenvalue weighted by Gasteiger charge is 2.19. The van der Waals surface area contributed by atoms with Gasteiger partial charge in [-0.05, 0) is 6.42 Å². The molecule has 0 radical (unpaired) electrons. The fourth-order valence-electron chi connectivity index (χ4n) is 2.18. The van der Waals surface area contributed by atoms with Gasteiger partial charge in [0.2, 0.25) is 5.91 Å². The quantitative estimate of drug-likeness (QED) is 0.778. The zero-order valence-electron chi connectivity index (χ0n) is 13.0. The lowest BCUT2D eigenvalue weighted by Gasteiger charge is -2.13. The molecule has 6 heteroatoms. The second-order valence-corrected chi connectivity index (χ2v) is 6.15. The number of hydrogen-bond acceptors (Lipinski definition) is 4. The van der Waals surface area contributed by atoms with E-state index in [1.54, 1.807) is 0 Å². The molecule has 23 heavy (non-hydrogen) atoms. The molecule has 1 amide bonds. The van der Waals surface area contributed by atoms with Crippen LogP contribution in [-0.2, 0) is 16.0 Å². The molecule has 1 atom stereocenters. The lowest BCUT2D eigenvalue weighted by atomic mass is 10.1. The molecule has 5 nitrogen and oxygen atoms in total. The third-order valence-electron chi connectivity index (χ3n) is 3.39. The number of thiazole rings is 1. The van der Waals surface area contributed by atoms with E-state index >= 15 is 0 Å². The molecule has 1 unspecified atom stereocenters. The van der Waals surface area contributed by atoms with E-state index < -0.39 is 12.0 Å². The van der Waals surface area contributed by atoms with Crippen molar-refractivity contribution in [2.24, 2.45) is 0 Å². The minimum Gasteiger partial charge on any atom is -0.480 e. The van der Waals surface area contributed by atoms with E-state index in [9.17, 15) is 9.59 Å². The summed E-state index contributed by atoms with van der Waals surface area (Å²) in [5, 5.41) is 14.4. The lowest BCUT2D eigenvalue weighted by molar-refractivity contribution is -0.142. The maximum atomic E-state index is 12.0. The van der Waals surface area contributed by atoms with Crippen LogP contribution in [0, 0.1) is 0 Å². The highest BCUT2D eigenvalue weighted by molar-refractivity contribution is 7.13. The summed E-state index contributed by atoms with van der Waals surface area (Å²) in [6.45, 7) is 1.99. The smallest absolute Gasteiger partial charge is 0.326 e. The van der Waals surface area contributed by atoms with E-state index in [1.165, 1.54) is 11.3 Å². The molecule has 0 fully saturated rings. The van der Waals surface area contributed by atoms with Crippen molar-refractivity contribution in [2.75, 3.05) is 0 Å². The molecule has 1 heterocycles. The predicted molar refractivity (Wildman–Crippen MR) is 90.3 cm³/mol. The number of carbonyl (C=O) groups excluding carboxylic acids is 1. The van der Waals surface area contributed by atoms with Crippen LogP contribution in [0.25, 0.3) is 10.6 Å². The summed E-state index contributed by atoms with van der Waals surface area (Å²) in [5.74, 6) is -1.30. The summed E-state index contributed by atoms with van der Waals surface area (Å²) in [5.41, 5.74) is 1.67. The predicted octanol–water partition coefficient (Wildman–Crippen LogP) is 3.11. The number of carboxylic acids is 1. The number of hydrogen-bond donors (Lipinski definition) is 2. The summed E-state index contributed by atoms with van der Waals surface area (Å²) in [6, 6.07) is 8.92. The van der Waals surface area contributed by atoms with Crippen molar-refractivity contribution in [3.8, 4) is 10.6 Å². The lowest BCUT2D eigenvalue weighted by Crippen LogP contribution is -2.41. The second kappa shape index (κ2) is 8.43. The molecular formula is C17H20N2O3S. The Balaban J connectivity index is 1.95. The molecule has 0 bridgehead atoms. The molecule has 0 saturated heterocycles. The van der Waals surface area contributed by atoms with E-state index in [0.29, 0.717) is 12.1 Å². The molecule has 1 aromatic heterocycles. The Morgan fingerprint density at radius 3 is 2.70 bits per heavy atom. The maximum Gasteiger partial charge on any atom is 0.326 e. The van der Waals surface area contributed by atoms with E-state index in [0.717, 1.165) is 23.4 Å². The van der Waals surface area contributed by atoms with Crippen LogP contribution >= 0.6 is 11.3 Å². The van der Waals surface area contributed by atoms with Gasteiger partial charge in [-0.1, -0.05) is 50.1 Å². The molecule has 0 saturated carbocycles. The van der Waals surface area contributed by atoms with Gasteiger partial charge in [0.15, 0.2) is 0 Å². The first-order valence-electron chi connectivity index (χ1n) is 7.62. The average Bonchev–Trinajstić information content (AvgIpc) is 3.00. The van der Waals surface area contributed by atoms with E-state index in [2.05, 4.69) is 10.3 Å². The third-order valence-corrected chi connectivity index (χ3v) is 4.33. The Morgan fingerprint density at radius 2 is 2.04 bits per heavy atom. The van der Waals surface area contributed by atoms with Gasteiger partial charge in [0.05, 0.1) is 12.1 Å². The number of aliphatic carboxylic acids is 1. The Kier molecular flexibility index (Phi) is 6.29. The SMILES string of the molecule is CCCCC(NC(=O)Cc1csc(-c2ccccc2)n1)C(=O)O. The first kappa shape index (κ1) is 17.1. The maximum absolute atomic E-state index is 12.0. The normalized spacial score (nSPS) is 11.9. The number of amides is 1. The van der Waals surface area contributed by atoms with Gasteiger partial charge in [-0.2, -0.15) is 0 Å². The largest absolute Gasteiger partial charge is 0.480 e. The minimum absolute atomic E-state index is 0.0965. The first-order chi connectivity index (χ1) is 11.1. The summed E-state index contributed by atoms with van der Waals surface area (Å²) >= 11 is 1.48. The van der Waals surface area contributed by atoms with Crippen molar-refractivity contribution < 1.29 is 14.7 Å². The summed E-state index contributed by atoms with van der Waals surface area (Å²) < 4.78 is 0. The second-order valence-electron chi connectivity index (χ2n) is 5.29. The summed E-state index contributed by atoms with van der Waals surface area (Å²) in [6.07, 6.45) is 2.21. The monoisotopic (exact) mass is 332 g/mol. The van der Waals surface area contributed by atoms with Crippen LogP contribution in [0.5, 0.6) is 0 Å². The van der Waals surface area contributed by atoms with Crippen molar-refractivity contribution in [1.82, 2.24) is 10.3 Å². The molecule has 122 valence electrons. The highest BCUT2D eigenvalue weighted by Crippen LogP contribution is 2.23. The number of carboxylic acid groups (broad SMARTS) is 1. The molecule has 1 aromatic carbocycles. The minimum atomic E-state index is -0.991. The number of unbranched alkanes of at least 4 members (excludes halogenated alkanes) is 1. The van der Waals surface area contributed by atoms with Crippen LogP contribution in [0.1, 0.15) is 31.9 Å². The molecule has 2 rings (SSSR count).